The van der Waals surface area contributed by atoms with Crippen LogP contribution in [0.2, 0.25) is 0 Å². The number of aliphatic hydroxyl groups excluding tert-OH is 8. The van der Waals surface area contributed by atoms with E-state index in [1.54, 1.807) is 6.08 Å². The average molecular weight is 1270 g/mol. The molecule has 0 spiro atoms. The molecule has 2 heterocycles. The lowest BCUT2D eigenvalue weighted by molar-refractivity contribution is -0.359. The first kappa shape index (κ1) is 83.0. The molecule has 520 valence electrons. The smallest absolute Gasteiger partial charge is 0.220 e. The molecule has 2 saturated heterocycles. The minimum Gasteiger partial charge on any atom is -0.394 e. The van der Waals surface area contributed by atoms with Crippen LogP contribution in [0.25, 0.3) is 0 Å². The van der Waals surface area contributed by atoms with E-state index < -0.39 is 86.8 Å². The summed E-state index contributed by atoms with van der Waals surface area (Å²) in [7, 11) is 0. The lowest BCUT2D eigenvalue weighted by Gasteiger charge is -2.46. The topological polar surface area (TPSA) is 228 Å². The van der Waals surface area contributed by atoms with Crippen molar-refractivity contribution in [3.05, 3.63) is 97.2 Å². The monoisotopic (exact) mass is 1270 g/mol. The zero-order valence-corrected chi connectivity index (χ0v) is 56.6. The largest absolute Gasteiger partial charge is 0.394 e. The van der Waals surface area contributed by atoms with Crippen LogP contribution in [-0.2, 0) is 23.7 Å². The Hall–Kier alpha value is -3.09. The van der Waals surface area contributed by atoms with Crippen molar-refractivity contribution in [2.75, 3.05) is 19.8 Å². The van der Waals surface area contributed by atoms with Crippen LogP contribution in [0.5, 0.6) is 0 Å². The van der Waals surface area contributed by atoms with Crippen molar-refractivity contribution in [1.29, 1.82) is 0 Å². The predicted octanol–water partition coefficient (Wildman–Crippen LogP) is 15.3. The molecule has 2 fully saturated rings. The van der Waals surface area contributed by atoms with Crippen LogP contribution in [0.15, 0.2) is 97.2 Å². The van der Waals surface area contributed by atoms with Gasteiger partial charge in [0.25, 0.3) is 0 Å². The fraction of sp³-hybridized carbons (Fsp3) is 0.776. The van der Waals surface area contributed by atoms with Gasteiger partial charge in [0.05, 0.1) is 32.0 Å². The first-order valence-corrected chi connectivity index (χ1v) is 36.5. The number of hydrogen-bond donors (Lipinski definition) is 9. The highest BCUT2D eigenvalue weighted by atomic mass is 16.7. The zero-order valence-electron chi connectivity index (χ0n) is 56.6. The predicted molar refractivity (Wildman–Crippen MR) is 369 cm³/mol. The highest BCUT2D eigenvalue weighted by molar-refractivity contribution is 5.76. The van der Waals surface area contributed by atoms with Gasteiger partial charge >= 0.3 is 0 Å². The second-order valence-electron chi connectivity index (χ2n) is 25.3. The molecule has 0 aliphatic carbocycles. The molecule has 0 aromatic rings. The number of rotatable bonds is 59. The molecule has 14 heteroatoms. The summed E-state index contributed by atoms with van der Waals surface area (Å²) in [5, 5.41) is 87.4. The maximum atomic E-state index is 13.3. The summed E-state index contributed by atoms with van der Waals surface area (Å²) in [4.78, 5) is 13.3. The molecular formula is C76H133NO13. The highest BCUT2D eigenvalue weighted by Crippen LogP contribution is 2.30. The SMILES string of the molecule is CC/C=C\C/C=C\C/C=C\C/C=C\C/C=C\C/C=C\CCCCCCC(=O)NC(COC1OC(CO)C(OC2OC(CO)C(O)C(O)C2O)C(O)C1O)C(O)/C=C/CC/C=C/CCCCCCCCCCCCCCCCCCCCCCCCCCCCC. The molecule has 0 aromatic heterocycles. The summed E-state index contributed by atoms with van der Waals surface area (Å²) in [6.07, 6.45) is 67.6. The van der Waals surface area contributed by atoms with Gasteiger partial charge in [-0.05, 0) is 83.5 Å². The molecule has 0 saturated carbocycles. The Labute approximate surface area is 547 Å². The lowest BCUT2D eigenvalue weighted by Crippen LogP contribution is -2.65. The van der Waals surface area contributed by atoms with E-state index in [4.69, 9.17) is 18.9 Å². The Morgan fingerprint density at radius 2 is 0.778 bits per heavy atom. The summed E-state index contributed by atoms with van der Waals surface area (Å²) in [6, 6.07) is -0.954. The van der Waals surface area contributed by atoms with Crippen molar-refractivity contribution in [2.45, 2.75) is 357 Å². The molecule has 0 bridgehead atoms. The standard InChI is InChI=1S/C76H133NO13/c1-3-5-7-9-11-13-15-17-19-21-23-25-27-28-29-30-31-32-33-34-35-36-38-39-41-43-45-47-49-51-53-55-57-59-65(80)64(63-87-75-73(86)71(84)74(67(62-79)89-75)90-76-72(85)70(83)69(82)66(61-78)88-76)77-68(81)60-58-56-54-52-50-48-46-44-42-40-37-26-24-22-20-18-16-14-12-10-8-6-4-2/h6,8,12,14,18,20,24,26,40,42,46,48-49,51,57,59,64-67,69-76,78-80,82-86H,3-5,7,9-11,13,15-17,19,21-23,25,27-39,41,43-45,47,50,52-56,58,60-63H2,1-2H3,(H,77,81)/b8-6-,14-12-,20-18-,26-24-,42-40-,48-46-,51-49+,59-57+. The number of allylic oxidation sites excluding steroid dienone is 15. The van der Waals surface area contributed by atoms with Gasteiger partial charge in [-0.15, -0.1) is 0 Å². The number of amides is 1. The van der Waals surface area contributed by atoms with E-state index in [1.807, 2.05) is 6.08 Å². The van der Waals surface area contributed by atoms with Crippen LogP contribution < -0.4 is 5.32 Å². The Kier molecular flexibility index (Phi) is 55.0. The van der Waals surface area contributed by atoms with Gasteiger partial charge in [0, 0.05) is 6.42 Å². The third-order valence-electron chi connectivity index (χ3n) is 17.3. The molecule has 2 aliphatic heterocycles. The first-order valence-electron chi connectivity index (χ1n) is 36.5. The highest BCUT2D eigenvalue weighted by Gasteiger charge is 2.51. The summed E-state index contributed by atoms with van der Waals surface area (Å²) in [6.45, 7) is 2.67. The molecule has 2 aliphatic rings. The number of nitrogens with one attached hydrogen (secondary N) is 1. The van der Waals surface area contributed by atoms with E-state index in [-0.39, 0.29) is 18.9 Å². The van der Waals surface area contributed by atoms with Gasteiger partial charge in [0.15, 0.2) is 12.6 Å². The molecule has 14 nitrogen and oxygen atoms in total. The molecule has 2 rings (SSSR count). The summed E-state index contributed by atoms with van der Waals surface area (Å²) >= 11 is 0. The Balaban J connectivity index is 1.69. The molecule has 0 radical (unpaired) electrons. The van der Waals surface area contributed by atoms with Crippen molar-refractivity contribution < 1.29 is 64.6 Å². The van der Waals surface area contributed by atoms with Crippen molar-refractivity contribution in [3.63, 3.8) is 0 Å². The summed E-state index contributed by atoms with van der Waals surface area (Å²) in [5.74, 6) is -0.275. The van der Waals surface area contributed by atoms with Crippen LogP contribution in [0, 0.1) is 0 Å². The van der Waals surface area contributed by atoms with Crippen molar-refractivity contribution in [1.82, 2.24) is 5.32 Å². The van der Waals surface area contributed by atoms with E-state index in [1.165, 1.54) is 173 Å². The van der Waals surface area contributed by atoms with Gasteiger partial charge in [0.2, 0.25) is 5.91 Å². The summed E-state index contributed by atoms with van der Waals surface area (Å²) < 4.78 is 22.8. The molecule has 12 unspecified atom stereocenters. The minimum absolute atomic E-state index is 0.238. The normalized spacial score (nSPS) is 23.5. The third kappa shape index (κ3) is 43.0. The Morgan fingerprint density at radius 3 is 1.22 bits per heavy atom. The van der Waals surface area contributed by atoms with Gasteiger partial charge < -0.3 is 65.1 Å². The average Bonchev–Trinajstić information content (AvgIpc) is 1.28. The van der Waals surface area contributed by atoms with Crippen LogP contribution in [0.1, 0.15) is 284 Å². The quantitative estimate of drug-likeness (QED) is 0.0204. The maximum Gasteiger partial charge on any atom is 0.220 e. The van der Waals surface area contributed by atoms with Gasteiger partial charge in [-0.1, -0.05) is 291 Å². The summed E-state index contributed by atoms with van der Waals surface area (Å²) in [5.41, 5.74) is 0. The fourth-order valence-electron chi connectivity index (χ4n) is 11.5. The molecule has 1 amide bonds. The number of carbonyl (C=O) groups is 1. The molecule has 90 heavy (non-hydrogen) atoms. The van der Waals surface area contributed by atoms with E-state index in [0.29, 0.717) is 12.8 Å². The molecule has 9 N–H and O–H groups in total. The number of ether oxygens (including phenoxy) is 4. The van der Waals surface area contributed by atoms with Gasteiger partial charge in [-0.3, -0.25) is 4.79 Å². The number of aliphatic hydroxyl groups is 8. The van der Waals surface area contributed by atoms with E-state index in [0.717, 1.165) is 77.0 Å². The van der Waals surface area contributed by atoms with E-state index in [9.17, 15) is 45.6 Å². The zero-order chi connectivity index (χ0) is 65.2. The molecule has 12 atom stereocenters. The second-order valence-corrected chi connectivity index (χ2v) is 25.3. The van der Waals surface area contributed by atoms with Crippen LogP contribution in [0.3, 0.4) is 0 Å². The number of carbonyl (C=O) groups excluding carboxylic acids is 1. The second kappa shape index (κ2) is 59.6. The van der Waals surface area contributed by atoms with Crippen molar-refractivity contribution >= 4 is 5.91 Å². The van der Waals surface area contributed by atoms with Gasteiger partial charge in [-0.25, -0.2) is 0 Å². The first-order chi connectivity index (χ1) is 44.1. The van der Waals surface area contributed by atoms with Gasteiger partial charge in [-0.2, -0.15) is 0 Å². The van der Waals surface area contributed by atoms with Crippen LogP contribution in [0.4, 0.5) is 0 Å². The Morgan fingerprint density at radius 1 is 0.411 bits per heavy atom. The molecule has 0 aromatic carbocycles. The van der Waals surface area contributed by atoms with Crippen LogP contribution >= 0.6 is 0 Å². The van der Waals surface area contributed by atoms with Crippen LogP contribution in [-0.4, -0.2) is 140 Å². The molecular weight excluding hydrogens is 1130 g/mol. The van der Waals surface area contributed by atoms with E-state index >= 15 is 0 Å². The van der Waals surface area contributed by atoms with Crippen molar-refractivity contribution in [2.24, 2.45) is 0 Å². The minimum atomic E-state index is -1.80. The fourth-order valence-corrected chi connectivity index (χ4v) is 11.5. The Bertz CT molecular complexity index is 1880. The maximum absolute atomic E-state index is 13.3. The lowest BCUT2D eigenvalue weighted by atomic mass is 9.97. The van der Waals surface area contributed by atoms with E-state index in [2.05, 4.69) is 104 Å². The van der Waals surface area contributed by atoms with Gasteiger partial charge in [0.1, 0.15) is 48.8 Å². The number of unbranched alkanes of at least 4 members (excludes halogenated alkanes) is 32. The van der Waals surface area contributed by atoms with Crippen molar-refractivity contribution in [3.8, 4) is 0 Å². The number of hydrogen-bond acceptors (Lipinski definition) is 13. The third-order valence-corrected chi connectivity index (χ3v) is 17.3.